The number of likely N-dealkylation sites (N-methyl/N-ethyl adjacent to an activating group) is 2. The molecule has 0 radical (unpaired) electrons. The number of hydrogen-bond acceptors (Lipinski definition) is 3. The zero-order chi connectivity index (χ0) is 15.8. The molecule has 0 spiro atoms. The van der Waals surface area contributed by atoms with Crippen molar-refractivity contribution in [2.24, 2.45) is 0 Å². The number of benzene rings is 1. The van der Waals surface area contributed by atoms with Gasteiger partial charge >= 0.3 is 0 Å². The summed E-state index contributed by atoms with van der Waals surface area (Å²) in [6.45, 7) is 4.70. The maximum Gasteiger partial charge on any atom is 0.243 e. The van der Waals surface area contributed by atoms with Crippen molar-refractivity contribution in [3.8, 4) is 0 Å². The summed E-state index contributed by atoms with van der Waals surface area (Å²) in [6, 6.07) is 9.12. The van der Waals surface area contributed by atoms with Crippen molar-refractivity contribution < 1.29 is 9.59 Å². The SMILES string of the molecule is CCCNC(=O)CN(C)[C@H](C)C(=O)N(C)c1ccccc1. The number of hydrogen-bond donors (Lipinski definition) is 1. The standard InChI is InChI=1S/C16H25N3O2/c1-5-11-17-15(20)12-18(3)13(2)16(21)19(4)14-9-7-6-8-10-14/h6-10,13H,5,11-12H2,1-4H3,(H,17,20)/t13-/m1/s1. The minimum absolute atomic E-state index is 0.0352. The van der Waals surface area contributed by atoms with Gasteiger partial charge in [0.2, 0.25) is 11.8 Å². The van der Waals surface area contributed by atoms with Gasteiger partial charge in [-0.3, -0.25) is 14.5 Å². The Morgan fingerprint density at radius 1 is 1.19 bits per heavy atom. The molecule has 0 saturated heterocycles. The van der Waals surface area contributed by atoms with Gasteiger partial charge in [-0.15, -0.1) is 0 Å². The molecule has 5 nitrogen and oxygen atoms in total. The lowest BCUT2D eigenvalue weighted by atomic mass is 10.2. The van der Waals surface area contributed by atoms with Gasteiger partial charge in [0.1, 0.15) is 0 Å². The summed E-state index contributed by atoms with van der Waals surface area (Å²) in [6.07, 6.45) is 0.903. The summed E-state index contributed by atoms with van der Waals surface area (Å²) in [5.41, 5.74) is 0.846. The number of rotatable bonds is 7. The molecule has 1 N–H and O–H groups in total. The molecule has 1 aromatic carbocycles. The second-order valence-corrected chi connectivity index (χ2v) is 5.17. The van der Waals surface area contributed by atoms with Gasteiger partial charge in [0.25, 0.3) is 0 Å². The van der Waals surface area contributed by atoms with Crippen molar-refractivity contribution in [1.29, 1.82) is 0 Å². The first-order chi connectivity index (χ1) is 9.97. The monoisotopic (exact) mass is 291 g/mol. The van der Waals surface area contributed by atoms with Gasteiger partial charge in [0, 0.05) is 19.3 Å². The van der Waals surface area contributed by atoms with Crippen LogP contribution in [0.2, 0.25) is 0 Å². The highest BCUT2D eigenvalue weighted by Crippen LogP contribution is 2.13. The number of anilines is 1. The molecule has 0 aliphatic carbocycles. The number of para-hydroxylation sites is 1. The summed E-state index contributed by atoms with van der Waals surface area (Å²) < 4.78 is 0. The molecule has 21 heavy (non-hydrogen) atoms. The maximum absolute atomic E-state index is 12.4. The van der Waals surface area contributed by atoms with Crippen LogP contribution in [0.1, 0.15) is 20.3 Å². The van der Waals surface area contributed by atoms with Crippen molar-refractivity contribution in [3.63, 3.8) is 0 Å². The summed E-state index contributed by atoms with van der Waals surface area (Å²) in [5.74, 6) is -0.0895. The first kappa shape index (κ1) is 17.2. The summed E-state index contributed by atoms with van der Waals surface area (Å²) in [4.78, 5) is 27.5. The quantitative estimate of drug-likeness (QED) is 0.828. The van der Waals surface area contributed by atoms with Crippen molar-refractivity contribution in [2.45, 2.75) is 26.3 Å². The second kappa shape index (κ2) is 8.42. The molecule has 1 aromatic rings. The molecule has 1 atom stereocenters. The highest BCUT2D eigenvalue weighted by Gasteiger charge is 2.23. The van der Waals surface area contributed by atoms with E-state index in [4.69, 9.17) is 0 Å². The normalized spacial score (nSPS) is 12.0. The van der Waals surface area contributed by atoms with E-state index < -0.39 is 0 Å². The van der Waals surface area contributed by atoms with Gasteiger partial charge < -0.3 is 10.2 Å². The van der Waals surface area contributed by atoms with Crippen molar-refractivity contribution in [2.75, 3.05) is 32.1 Å². The molecular weight excluding hydrogens is 266 g/mol. The molecule has 0 aliphatic heterocycles. The number of nitrogens with one attached hydrogen (secondary N) is 1. The third kappa shape index (κ3) is 5.19. The van der Waals surface area contributed by atoms with Crippen LogP contribution in [0.15, 0.2) is 30.3 Å². The fraction of sp³-hybridized carbons (Fsp3) is 0.500. The first-order valence-electron chi connectivity index (χ1n) is 7.27. The molecule has 116 valence electrons. The molecule has 2 amide bonds. The predicted molar refractivity (Wildman–Crippen MR) is 85.2 cm³/mol. The zero-order valence-electron chi connectivity index (χ0n) is 13.3. The number of amides is 2. The largest absolute Gasteiger partial charge is 0.355 e. The third-order valence-corrected chi connectivity index (χ3v) is 3.46. The minimum Gasteiger partial charge on any atom is -0.355 e. The van der Waals surface area contributed by atoms with E-state index in [1.165, 1.54) is 0 Å². The Bertz CT molecular complexity index is 462. The van der Waals surface area contributed by atoms with Crippen LogP contribution in [-0.2, 0) is 9.59 Å². The molecule has 0 fully saturated rings. The Kier molecular flexibility index (Phi) is 6.88. The van der Waals surface area contributed by atoms with Gasteiger partial charge in [0.05, 0.1) is 12.6 Å². The molecule has 5 heteroatoms. The van der Waals surface area contributed by atoms with Crippen molar-refractivity contribution in [3.05, 3.63) is 30.3 Å². The Morgan fingerprint density at radius 3 is 2.38 bits per heavy atom. The molecule has 0 heterocycles. The van der Waals surface area contributed by atoms with Crippen LogP contribution in [0.4, 0.5) is 5.69 Å². The van der Waals surface area contributed by atoms with E-state index in [0.29, 0.717) is 6.54 Å². The van der Waals surface area contributed by atoms with Crippen LogP contribution < -0.4 is 10.2 Å². The maximum atomic E-state index is 12.4. The Morgan fingerprint density at radius 2 is 1.81 bits per heavy atom. The average molecular weight is 291 g/mol. The van der Waals surface area contributed by atoms with Crippen LogP contribution in [0, 0.1) is 0 Å². The van der Waals surface area contributed by atoms with Crippen LogP contribution in [0.25, 0.3) is 0 Å². The smallest absolute Gasteiger partial charge is 0.243 e. The van der Waals surface area contributed by atoms with Gasteiger partial charge in [-0.05, 0) is 32.5 Å². The fourth-order valence-electron chi connectivity index (χ4n) is 1.93. The predicted octanol–water partition coefficient (Wildman–Crippen LogP) is 1.50. The van der Waals surface area contributed by atoms with Crippen molar-refractivity contribution in [1.82, 2.24) is 10.2 Å². The summed E-state index contributed by atoms with van der Waals surface area (Å²) >= 11 is 0. The lowest BCUT2D eigenvalue weighted by Crippen LogP contribution is -2.47. The highest BCUT2D eigenvalue weighted by atomic mass is 16.2. The van der Waals surface area contributed by atoms with Gasteiger partial charge in [-0.2, -0.15) is 0 Å². The van der Waals surface area contributed by atoms with E-state index in [-0.39, 0.29) is 24.4 Å². The van der Waals surface area contributed by atoms with E-state index in [1.54, 1.807) is 23.9 Å². The molecule has 0 aromatic heterocycles. The van der Waals surface area contributed by atoms with Gasteiger partial charge in [0.15, 0.2) is 0 Å². The summed E-state index contributed by atoms with van der Waals surface area (Å²) in [7, 11) is 3.53. The van der Waals surface area contributed by atoms with Gasteiger partial charge in [-0.25, -0.2) is 0 Å². The summed E-state index contributed by atoms with van der Waals surface area (Å²) in [5, 5.41) is 2.81. The van der Waals surface area contributed by atoms with Crippen LogP contribution in [0.5, 0.6) is 0 Å². The molecule has 1 rings (SSSR count). The van der Waals surface area contributed by atoms with Crippen LogP contribution in [0.3, 0.4) is 0 Å². The Labute approximate surface area is 126 Å². The number of carbonyl (C=O) groups excluding carboxylic acids is 2. The fourth-order valence-corrected chi connectivity index (χ4v) is 1.93. The van der Waals surface area contributed by atoms with Crippen LogP contribution >= 0.6 is 0 Å². The molecule has 0 aliphatic rings. The minimum atomic E-state index is -0.359. The van der Waals surface area contributed by atoms with Crippen molar-refractivity contribution >= 4 is 17.5 Å². The molecule has 0 unspecified atom stereocenters. The number of nitrogens with zero attached hydrogens (tertiary/aromatic N) is 2. The lowest BCUT2D eigenvalue weighted by Gasteiger charge is -2.27. The molecular formula is C16H25N3O2. The Balaban J connectivity index is 2.59. The molecule has 0 saturated carbocycles. The Hall–Kier alpha value is -1.88. The van der Waals surface area contributed by atoms with E-state index in [9.17, 15) is 9.59 Å². The molecule has 0 bridgehead atoms. The average Bonchev–Trinajstić information content (AvgIpc) is 2.51. The zero-order valence-corrected chi connectivity index (χ0v) is 13.3. The van der Waals surface area contributed by atoms with E-state index in [1.807, 2.05) is 44.2 Å². The van der Waals surface area contributed by atoms with E-state index in [2.05, 4.69) is 5.32 Å². The second-order valence-electron chi connectivity index (χ2n) is 5.17. The topological polar surface area (TPSA) is 52.7 Å². The van der Waals surface area contributed by atoms with E-state index >= 15 is 0 Å². The van der Waals surface area contributed by atoms with Gasteiger partial charge in [-0.1, -0.05) is 25.1 Å². The third-order valence-electron chi connectivity index (χ3n) is 3.46. The van der Waals surface area contributed by atoms with E-state index in [0.717, 1.165) is 12.1 Å². The first-order valence-corrected chi connectivity index (χ1v) is 7.27. The highest BCUT2D eigenvalue weighted by molar-refractivity contribution is 5.96. The lowest BCUT2D eigenvalue weighted by molar-refractivity contribution is -0.125. The number of carbonyl (C=O) groups is 2. The van der Waals surface area contributed by atoms with Crippen LogP contribution in [-0.4, -0.2) is 49.9 Å².